The molecular weight excluding hydrogens is 308 g/mol. The van der Waals surface area contributed by atoms with Crippen molar-refractivity contribution in [3.05, 3.63) is 11.9 Å². The molecule has 2 N–H and O–H groups in total. The van der Waals surface area contributed by atoms with E-state index in [0.717, 1.165) is 25.9 Å². The molecule has 1 aromatic heterocycles. The van der Waals surface area contributed by atoms with E-state index in [-0.39, 0.29) is 12.0 Å². The summed E-state index contributed by atoms with van der Waals surface area (Å²) < 4.78 is 7.31. The van der Waals surface area contributed by atoms with Crippen LogP contribution in [0.4, 0.5) is 0 Å². The molecule has 2 aliphatic rings. The molecule has 0 aromatic carbocycles. The summed E-state index contributed by atoms with van der Waals surface area (Å²) in [6, 6.07) is 0.826. The first-order valence-corrected chi connectivity index (χ1v) is 8.83. The van der Waals surface area contributed by atoms with Crippen LogP contribution in [0.3, 0.4) is 0 Å². The zero-order valence-corrected chi connectivity index (χ0v) is 14.7. The van der Waals surface area contributed by atoms with Crippen LogP contribution >= 0.6 is 0 Å². The Labute approximate surface area is 142 Å². The number of ether oxygens (including phenoxy) is 1. The molecule has 3 unspecified atom stereocenters. The highest BCUT2D eigenvalue weighted by molar-refractivity contribution is 5.91. The number of rotatable bonds is 6. The summed E-state index contributed by atoms with van der Waals surface area (Å²) in [4.78, 5) is 14.2. The van der Waals surface area contributed by atoms with Crippen LogP contribution in [-0.2, 0) is 11.3 Å². The monoisotopic (exact) mass is 336 g/mol. The molecule has 1 aromatic rings. The highest BCUT2D eigenvalue weighted by atomic mass is 16.5. The van der Waals surface area contributed by atoms with Gasteiger partial charge in [-0.1, -0.05) is 5.21 Å². The van der Waals surface area contributed by atoms with E-state index in [1.807, 2.05) is 7.05 Å². The smallest absolute Gasteiger partial charge is 0.275 e. The van der Waals surface area contributed by atoms with Crippen molar-refractivity contribution in [2.45, 2.75) is 57.8 Å². The minimum absolute atomic E-state index is 0.0761. The average molecular weight is 336 g/mol. The lowest BCUT2D eigenvalue weighted by molar-refractivity contribution is 0.0778. The number of aromatic nitrogens is 3. The van der Waals surface area contributed by atoms with Gasteiger partial charge >= 0.3 is 0 Å². The second-order valence-electron chi connectivity index (χ2n) is 7.01. The number of nitrogens with zero attached hydrogens (tertiary/aromatic N) is 4. The van der Waals surface area contributed by atoms with Gasteiger partial charge in [-0.2, -0.15) is 0 Å². The van der Waals surface area contributed by atoms with Gasteiger partial charge in [-0.3, -0.25) is 15.6 Å². The first-order valence-electron chi connectivity index (χ1n) is 8.83. The predicted octanol–water partition coefficient (Wildman–Crippen LogP) is 0.420. The highest BCUT2D eigenvalue weighted by Gasteiger charge is 2.30. The van der Waals surface area contributed by atoms with Gasteiger partial charge in [-0.05, 0) is 39.0 Å². The minimum Gasteiger partial charge on any atom is -0.376 e. The molecule has 3 heterocycles. The number of hydrazine groups is 1. The number of hydrogen-bond donors (Lipinski definition) is 2. The van der Waals surface area contributed by atoms with Crippen LogP contribution in [0.1, 0.15) is 43.6 Å². The third-order valence-electron chi connectivity index (χ3n) is 5.14. The molecule has 24 heavy (non-hydrogen) atoms. The van der Waals surface area contributed by atoms with E-state index in [2.05, 4.69) is 35.0 Å². The molecule has 3 rings (SSSR count). The number of nitrogens with one attached hydrogen (secondary N) is 2. The summed E-state index contributed by atoms with van der Waals surface area (Å²) in [6.07, 6.45) is 5.01. The van der Waals surface area contributed by atoms with Gasteiger partial charge in [0.15, 0.2) is 5.69 Å². The molecule has 8 nitrogen and oxygen atoms in total. The lowest BCUT2D eigenvalue weighted by atomic mass is 9.93. The van der Waals surface area contributed by atoms with Crippen molar-refractivity contribution < 1.29 is 9.53 Å². The Morgan fingerprint density at radius 2 is 2.17 bits per heavy atom. The van der Waals surface area contributed by atoms with Gasteiger partial charge in [0.2, 0.25) is 0 Å². The maximum absolute atomic E-state index is 12.5. The minimum atomic E-state index is -0.0761. The maximum Gasteiger partial charge on any atom is 0.275 e. The van der Waals surface area contributed by atoms with E-state index in [1.165, 1.54) is 0 Å². The number of carbonyl (C=O) groups is 1. The zero-order valence-electron chi connectivity index (χ0n) is 14.7. The molecule has 1 amide bonds. The number of amides is 1. The van der Waals surface area contributed by atoms with Crippen LogP contribution in [0.15, 0.2) is 6.20 Å². The Kier molecular flexibility index (Phi) is 5.47. The van der Waals surface area contributed by atoms with Crippen LogP contribution < -0.4 is 10.9 Å². The van der Waals surface area contributed by atoms with Crippen LogP contribution in [-0.4, -0.2) is 64.2 Å². The van der Waals surface area contributed by atoms with Gasteiger partial charge < -0.3 is 9.64 Å². The summed E-state index contributed by atoms with van der Waals surface area (Å²) in [6.45, 7) is 6.52. The van der Waals surface area contributed by atoms with Crippen molar-refractivity contribution in [2.75, 3.05) is 20.2 Å². The Morgan fingerprint density at radius 3 is 2.83 bits per heavy atom. The fourth-order valence-electron chi connectivity index (χ4n) is 3.53. The van der Waals surface area contributed by atoms with Crippen LogP contribution in [0.2, 0.25) is 0 Å². The Balaban J connectivity index is 1.50. The molecule has 134 valence electrons. The summed E-state index contributed by atoms with van der Waals surface area (Å²) in [5.74, 6) is 0.434. The third kappa shape index (κ3) is 3.93. The van der Waals surface area contributed by atoms with Gasteiger partial charge in [0.05, 0.1) is 18.8 Å². The first-order chi connectivity index (χ1) is 11.5. The zero-order chi connectivity index (χ0) is 17.1. The average Bonchev–Trinajstić information content (AvgIpc) is 3.29. The van der Waals surface area contributed by atoms with E-state index in [1.54, 1.807) is 15.8 Å². The normalized spacial score (nSPS) is 30.0. The number of carbonyl (C=O) groups excluding carboxylic acids is 1. The molecule has 0 spiro atoms. The third-order valence-corrected chi connectivity index (χ3v) is 5.14. The summed E-state index contributed by atoms with van der Waals surface area (Å²) in [7, 11) is 1.83. The van der Waals surface area contributed by atoms with Crippen LogP contribution in [0, 0.1) is 5.92 Å². The molecule has 3 atom stereocenters. The van der Waals surface area contributed by atoms with Gasteiger partial charge in [0.1, 0.15) is 0 Å². The van der Waals surface area contributed by atoms with Crippen molar-refractivity contribution in [1.29, 1.82) is 0 Å². The lowest BCUT2D eigenvalue weighted by Gasteiger charge is -2.22. The highest BCUT2D eigenvalue weighted by Crippen LogP contribution is 2.19. The molecule has 0 saturated carbocycles. The fraction of sp³-hybridized carbons (Fsp3) is 0.812. The topological polar surface area (TPSA) is 84.3 Å². The Morgan fingerprint density at radius 1 is 1.42 bits per heavy atom. The van der Waals surface area contributed by atoms with E-state index >= 15 is 0 Å². The molecule has 2 aliphatic heterocycles. The van der Waals surface area contributed by atoms with Crippen LogP contribution in [0.5, 0.6) is 0 Å². The van der Waals surface area contributed by atoms with Crippen molar-refractivity contribution in [3.8, 4) is 0 Å². The molecule has 2 fully saturated rings. The quantitative estimate of drug-likeness (QED) is 0.783. The second-order valence-corrected chi connectivity index (χ2v) is 7.01. The van der Waals surface area contributed by atoms with Gasteiger partial charge in [-0.25, -0.2) is 4.68 Å². The molecule has 8 heteroatoms. The van der Waals surface area contributed by atoms with Crippen molar-refractivity contribution >= 4 is 5.91 Å². The largest absolute Gasteiger partial charge is 0.376 e. The van der Waals surface area contributed by atoms with E-state index in [9.17, 15) is 4.79 Å². The first kappa shape index (κ1) is 17.3. The second kappa shape index (κ2) is 7.58. The maximum atomic E-state index is 12.5. The molecule has 0 aliphatic carbocycles. The van der Waals surface area contributed by atoms with E-state index in [4.69, 9.17) is 4.74 Å². The van der Waals surface area contributed by atoms with Crippen molar-refractivity contribution in [1.82, 2.24) is 30.7 Å². The summed E-state index contributed by atoms with van der Waals surface area (Å²) in [5.41, 5.74) is 6.90. The SMILES string of the molecule is CC1NNC(C)C1CCN(C)C(=O)c1cn(CC2CCCO2)nn1. The standard InChI is InChI=1S/C16H28N6O2/c1-11-14(12(2)18-17-11)6-7-21(3)16(23)15-10-22(20-19-15)9-13-5-4-8-24-13/h10-14,17-18H,4-9H2,1-3H3. The number of hydrogen-bond acceptors (Lipinski definition) is 6. The predicted molar refractivity (Wildman–Crippen MR) is 89.3 cm³/mol. The molecule has 2 saturated heterocycles. The molecule has 0 bridgehead atoms. The van der Waals surface area contributed by atoms with Gasteiger partial charge in [0, 0.05) is 32.3 Å². The van der Waals surface area contributed by atoms with Crippen LogP contribution in [0.25, 0.3) is 0 Å². The van der Waals surface area contributed by atoms with Crippen molar-refractivity contribution in [2.24, 2.45) is 5.92 Å². The lowest BCUT2D eigenvalue weighted by Crippen LogP contribution is -2.32. The molecule has 0 radical (unpaired) electrons. The Bertz CT molecular complexity index is 547. The molecular formula is C16H28N6O2. The van der Waals surface area contributed by atoms with Gasteiger partial charge in [0.25, 0.3) is 5.91 Å². The Hall–Kier alpha value is -1.51. The summed E-state index contributed by atoms with van der Waals surface area (Å²) in [5, 5.41) is 8.09. The van der Waals surface area contributed by atoms with Gasteiger partial charge in [-0.15, -0.1) is 5.10 Å². The van der Waals surface area contributed by atoms with E-state index in [0.29, 0.717) is 36.8 Å². The summed E-state index contributed by atoms with van der Waals surface area (Å²) >= 11 is 0. The van der Waals surface area contributed by atoms with Crippen molar-refractivity contribution in [3.63, 3.8) is 0 Å². The van der Waals surface area contributed by atoms with E-state index < -0.39 is 0 Å². The fourth-order valence-corrected chi connectivity index (χ4v) is 3.53.